The summed E-state index contributed by atoms with van der Waals surface area (Å²) in [4.78, 5) is 22.3. The highest BCUT2D eigenvalue weighted by atomic mass is 35.5. The molecule has 0 unspecified atom stereocenters. The van der Waals surface area contributed by atoms with Gasteiger partial charge in [-0.05, 0) is 23.8 Å². The highest BCUT2D eigenvalue weighted by molar-refractivity contribution is 6.34. The summed E-state index contributed by atoms with van der Waals surface area (Å²) in [6, 6.07) is 15.1. The van der Waals surface area contributed by atoms with Gasteiger partial charge in [0.2, 0.25) is 0 Å². The number of benzene rings is 2. The molecule has 1 heterocycles. The Hall–Kier alpha value is -2.46. The predicted octanol–water partition coefficient (Wildman–Crippen LogP) is 3.56. The molecule has 3 rings (SSSR count). The summed E-state index contributed by atoms with van der Waals surface area (Å²) >= 11 is 6.01. The molecule has 2 aromatic carbocycles. The molecule has 0 aliphatic carbocycles. The highest BCUT2D eigenvalue weighted by Gasteiger charge is 2.13. The first-order valence-corrected chi connectivity index (χ1v) is 7.22. The lowest BCUT2D eigenvalue weighted by Crippen LogP contribution is -2.26. The minimum absolute atomic E-state index is 0.0551. The molecule has 0 bridgehead atoms. The second-order valence-corrected chi connectivity index (χ2v) is 5.40. The number of hydrogen-bond acceptors (Lipinski definition) is 3. The van der Waals surface area contributed by atoms with E-state index in [9.17, 15) is 4.79 Å². The quantitative estimate of drug-likeness (QED) is 0.695. The first-order valence-electron chi connectivity index (χ1n) is 6.85. The van der Waals surface area contributed by atoms with Crippen LogP contribution in [0.1, 0.15) is 15.9 Å². The maximum absolute atomic E-state index is 12.5. The molecular weight excluding hydrogens is 298 g/mol. The molecule has 1 aromatic heterocycles. The van der Waals surface area contributed by atoms with Gasteiger partial charge in [-0.1, -0.05) is 41.9 Å². The number of nitrogens with zero attached hydrogens (tertiary/aromatic N) is 3. The highest BCUT2D eigenvalue weighted by Crippen LogP contribution is 2.21. The molecule has 22 heavy (non-hydrogen) atoms. The van der Waals surface area contributed by atoms with Crippen molar-refractivity contribution in [1.29, 1.82) is 0 Å². The van der Waals surface area contributed by atoms with Crippen LogP contribution < -0.4 is 0 Å². The number of aromatic nitrogens is 2. The van der Waals surface area contributed by atoms with E-state index in [0.717, 1.165) is 10.9 Å². The lowest BCUT2D eigenvalue weighted by atomic mass is 10.1. The van der Waals surface area contributed by atoms with Crippen molar-refractivity contribution in [1.82, 2.24) is 14.9 Å². The van der Waals surface area contributed by atoms with Crippen LogP contribution in [0.2, 0.25) is 5.15 Å². The van der Waals surface area contributed by atoms with Crippen LogP contribution in [0.3, 0.4) is 0 Å². The van der Waals surface area contributed by atoms with Crippen molar-refractivity contribution in [3.63, 3.8) is 0 Å². The van der Waals surface area contributed by atoms with Gasteiger partial charge in [-0.15, -0.1) is 0 Å². The number of hydrogen-bond donors (Lipinski definition) is 0. The monoisotopic (exact) mass is 311 g/mol. The van der Waals surface area contributed by atoms with Crippen LogP contribution in [0.25, 0.3) is 10.9 Å². The van der Waals surface area contributed by atoms with E-state index in [2.05, 4.69) is 9.97 Å². The Kier molecular flexibility index (Phi) is 4.02. The van der Waals surface area contributed by atoms with E-state index in [1.54, 1.807) is 30.1 Å². The standard InChI is InChI=1S/C17H14ClN3O/c1-21(10-12-5-3-2-4-6-12)17(22)13-7-8-14-15(9-13)19-11-20-16(14)18/h2-9,11H,10H2,1H3. The molecule has 5 heteroatoms. The Morgan fingerprint density at radius 2 is 1.91 bits per heavy atom. The third-order valence-electron chi connectivity index (χ3n) is 3.44. The fraction of sp³-hybridized carbons (Fsp3) is 0.118. The van der Waals surface area contributed by atoms with Crippen molar-refractivity contribution in [2.24, 2.45) is 0 Å². The van der Waals surface area contributed by atoms with Crippen LogP contribution in [0.4, 0.5) is 0 Å². The van der Waals surface area contributed by atoms with E-state index < -0.39 is 0 Å². The molecule has 0 aliphatic rings. The van der Waals surface area contributed by atoms with Gasteiger partial charge >= 0.3 is 0 Å². The second kappa shape index (κ2) is 6.12. The third kappa shape index (κ3) is 2.92. The molecule has 4 nitrogen and oxygen atoms in total. The van der Waals surface area contributed by atoms with Crippen LogP contribution in [0.5, 0.6) is 0 Å². The Morgan fingerprint density at radius 1 is 1.14 bits per heavy atom. The molecule has 0 fully saturated rings. The van der Waals surface area contributed by atoms with Gasteiger partial charge in [0.25, 0.3) is 5.91 Å². The molecule has 0 spiro atoms. The van der Waals surface area contributed by atoms with Gasteiger partial charge in [0.15, 0.2) is 0 Å². The van der Waals surface area contributed by atoms with Gasteiger partial charge in [0.05, 0.1) is 5.52 Å². The van der Waals surface area contributed by atoms with Crippen LogP contribution >= 0.6 is 11.6 Å². The summed E-state index contributed by atoms with van der Waals surface area (Å²) in [6.07, 6.45) is 1.40. The van der Waals surface area contributed by atoms with Gasteiger partial charge in [-0.25, -0.2) is 9.97 Å². The first kappa shape index (κ1) is 14.5. The number of carbonyl (C=O) groups is 1. The van der Waals surface area contributed by atoms with E-state index >= 15 is 0 Å². The maximum atomic E-state index is 12.5. The molecule has 110 valence electrons. The first-order chi connectivity index (χ1) is 10.6. The van der Waals surface area contributed by atoms with Crippen molar-refractivity contribution >= 4 is 28.4 Å². The molecule has 0 radical (unpaired) electrons. The van der Waals surface area contributed by atoms with Crippen molar-refractivity contribution in [3.05, 3.63) is 71.1 Å². The average molecular weight is 312 g/mol. The summed E-state index contributed by atoms with van der Waals surface area (Å²) < 4.78 is 0. The van der Waals surface area contributed by atoms with Crippen molar-refractivity contribution in [2.45, 2.75) is 6.54 Å². The lowest BCUT2D eigenvalue weighted by Gasteiger charge is -2.17. The van der Waals surface area contributed by atoms with Crippen LogP contribution in [0.15, 0.2) is 54.9 Å². The van der Waals surface area contributed by atoms with Crippen molar-refractivity contribution < 1.29 is 4.79 Å². The summed E-state index contributed by atoms with van der Waals surface area (Å²) in [5.41, 5.74) is 2.34. The number of fused-ring (bicyclic) bond motifs is 1. The number of carbonyl (C=O) groups excluding carboxylic acids is 1. The maximum Gasteiger partial charge on any atom is 0.253 e. The van der Waals surface area contributed by atoms with Crippen LogP contribution in [0, 0.1) is 0 Å². The van der Waals surface area contributed by atoms with E-state index in [1.165, 1.54) is 6.33 Å². The molecule has 1 amide bonds. The Bertz CT molecular complexity index is 821. The Balaban J connectivity index is 1.85. The van der Waals surface area contributed by atoms with Gasteiger partial charge < -0.3 is 4.90 Å². The summed E-state index contributed by atoms with van der Waals surface area (Å²) in [6.45, 7) is 0.558. The fourth-order valence-corrected chi connectivity index (χ4v) is 2.51. The van der Waals surface area contributed by atoms with Crippen molar-refractivity contribution in [2.75, 3.05) is 7.05 Å². The molecule has 0 atom stereocenters. The molecule has 0 saturated carbocycles. The predicted molar refractivity (Wildman–Crippen MR) is 86.8 cm³/mol. The van der Waals surface area contributed by atoms with Gasteiger partial charge in [-0.3, -0.25) is 4.79 Å². The van der Waals surface area contributed by atoms with Gasteiger partial charge in [-0.2, -0.15) is 0 Å². The minimum atomic E-state index is -0.0551. The zero-order valence-corrected chi connectivity index (χ0v) is 12.8. The number of rotatable bonds is 3. The number of halogens is 1. The lowest BCUT2D eigenvalue weighted by molar-refractivity contribution is 0.0785. The van der Waals surface area contributed by atoms with E-state index in [4.69, 9.17) is 11.6 Å². The molecule has 0 saturated heterocycles. The smallest absolute Gasteiger partial charge is 0.253 e. The normalized spacial score (nSPS) is 10.6. The summed E-state index contributed by atoms with van der Waals surface area (Å²) in [5, 5.41) is 1.13. The SMILES string of the molecule is CN(Cc1ccccc1)C(=O)c1ccc2c(Cl)ncnc2c1. The molecule has 0 N–H and O–H groups in total. The molecule has 3 aromatic rings. The van der Waals surface area contributed by atoms with E-state index in [0.29, 0.717) is 22.8 Å². The molecular formula is C17H14ClN3O. The topological polar surface area (TPSA) is 46.1 Å². The Labute approximate surface area is 133 Å². The number of amides is 1. The zero-order valence-electron chi connectivity index (χ0n) is 12.0. The van der Waals surface area contributed by atoms with Crippen LogP contribution in [-0.2, 0) is 6.54 Å². The second-order valence-electron chi connectivity index (χ2n) is 5.04. The van der Waals surface area contributed by atoms with E-state index in [1.807, 2.05) is 30.3 Å². The van der Waals surface area contributed by atoms with Gasteiger partial charge in [0, 0.05) is 24.5 Å². The Morgan fingerprint density at radius 3 is 2.68 bits per heavy atom. The zero-order chi connectivity index (χ0) is 15.5. The fourth-order valence-electron chi connectivity index (χ4n) is 2.31. The van der Waals surface area contributed by atoms with Crippen molar-refractivity contribution in [3.8, 4) is 0 Å². The molecule has 0 aliphatic heterocycles. The summed E-state index contributed by atoms with van der Waals surface area (Å²) in [5.74, 6) is -0.0551. The third-order valence-corrected chi connectivity index (χ3v) is 3.75. The minimum Gasteiger partial charge on any atom is -0.337 e. The summed E-state index contributed by atoms with van der Waals surface area (Å²) in [7, 11) is 1.78. The largest absolute Gasteiger partial charge is 0.337 e. The van der Waals surface area contributed by atoms with Gasteiger partial charge in [0.1, 0.15) is 11.5 Å². The van der Waals surface area contributed by atoms with Crippen LogP contribution in [-0.4, -0.2) is 27.8 Å². The van der Waals surface area contributed by atoms with E-state index in [-0.39, 0.29) is 5.91 Å². The average Bonchev–Trinajstić information content (AvgIpc) is 2.55.